The summed E-state index contributed by atoms with van der Waals surface area (Å²) < 4.78 is 1.65. The van der Waals surface area contributed by atoms with Gasteiger partial charge in [-0.1, -0.05) is 42.5 Å². The Morgan fingerprint density at radius 1 is 1.00 bits per heavy atom. The van der Waals surface area contributed by atoms with Crippen LogP contribution in [0.2, 0.25) is 0 Å². The molecule has 1 aliphatic rings. The first-order valence-electron chi connectivity index (χ1n) is 9.73. The van der Waals surface area contributed by atoms with Gasteiger partial charge in [0, 0.05) is 30.4 Å². The van der Waals surface area contributed by atoms with Crippen LogP contribution in [-0.2, 0) is 17.9 Å². The van der Waals surface area contributed by atoms with Gasteiger partial charge in [0.05, 0.1) is 0 Å². The van der Waals surface area contributed by atoms with Gasteiger partial charge >= 0.3 is 0 Å². The average Bonchev–Trinajstić information content (AvgIpc) is 3.28. The molecule has 0 radical (unpaired) electrons. The number of benzene rings is 2. The van der Waals surface area contributed by atoms with Crippen molar-refractivity contribution in [3.8, 4) is 0 Å². The number of anilines is 1. The highest BCUT2D eigenvalue weighted by Crippen LogP contribution is 2.39. The normalized spacial score (nSPS) is 17.0. The Labute approximate surface area is 181 Å². The van der Waals surface area contributed by atoms with Crippen LogP contribution in [0.25, 0.3) is 0 Å². The number of carbonyl (C=O) groups excluding carboxylic acids is 2. The van der Waals surface area contributed by atoms with E-state index in [0.29, 0.717) is 23.8 Å². The van der Waals surface area contributed by atoms with Gasteiger partial charge in [-0.05, 0) is 41.8 Å². The van der Waals surface area contributed by atoms with E-state index in [2.05, 4.69) is 10.6 Å². The molecule has 1 fully saturated rings. The maximum Gasteiger partial charge on any atom is 0.272 e. The zero-order chi connectivity index (χ0) is 20.2. The maximum atomic E-state index is 12.7. The minimum absolute atomic E-state index is 0. The lowest BCUT2D eigenvalue weighted by Crippen LogP contribution is -2.28. The predicted molar refractivity (Wildman–Crippen MR) is 120 cm³/mol. The van der Waals surface area contributed by atoms with Crippen LogP contribution in [0.3, 0.4) is 0 Å². The fraction of sp³-hybridized carbons (Fsp3) is 0.217. The van der Waals surface area contributed by atoms with Crippen molar-refractivity contribution in [1.29, 1.82) is 0 Å². The fourth-order valence-electron chi connectivity index (χ4n) is 3.37. The highest BCUT2D eigenvalue weighted by atomic mass is 35.5. The summed E-state index contributed by atoms with van der Waals surface area (Å²) in [4.78, 5) is 24.9. The van der Waals surface area contributed by atoms with E-state index >= 15 is 0 Å². The summed E-state index contributed by atoms with van der Waals surface area (Å²) in [5.41, 5.74) is 9.27. The lowest BCUT2D eigenvalue weighted by molar-refractivity contribution is -0.121. The van der Waals surface area contributed by atoms with Crippen molar-refractivity contribution in [3.05, 3.63) is 89.7 Å². The molecule has 0 bridgehead atoms. The molecular weight excluding hydrogens is 400 g/mol. The van der Waals surface area contributed by atoms with Gasteiger partial charge in [-0.3, -0.25) is 9.59 Å². The molecule has 4 rings (SSSR count). The van der Waals surface area contributed by atoms with E-state index in [9.17, 15) is 9.59 Å². The van der Waals surface area contributed by atoms with Crippen LogP contribution < -0.4 is 16.4 Å². The molecule has 6 nitrogen and oxygen atoms in total. The molecule has 1 heterocycles. The summed E-state index contributed by atoms with van der Waals surface area (Å²) in [6.07, 6.45) is 2.75. The summed E-state index contributed by atoms with van der Waals surface area (Å²) >= 11 is 0. The smallest absolute Gasteiger partial charge is 0.272 e. The van der Waals surface area contributed by atoms with E-state index in [-0.39, 0.29) is 36.8 Å². The number of halogens is 1. The summed E-state index contributed by atoms with van der Waals surface area (Å²) in [7, 11) is 0. The Morgan fingerprint density at radius 2 is 1.70 bits per heavy atom. The number of nitrogens with zero attached hydrogens (tertiary/aromatic N) is 1. The van der Waals surface area contributed by atoms with Crippen LogP contribution in [-0.4, -0.2) is 22.4 Å². The number of nitrogens with one attached hydrogen (secondary N) is 2. The Kier molecular flexibility index (Phi) is 6.92. The number of hydrogen-bond donors (Lipinski definition) is 3. The number of nitrogens with two attached hydrogens (primary N) is 1. The molecule has 30 heavy (non-hydrogen) atoms. The molecule has 4 N–H and O–H groups in total. The van der Waals surface area contributed by atoms with E-state index in [1.807, 2.05) is 54.6 Å². The number of carbonyl (C=O) groups is 2. The van der Waals surface area contributed by atoms with Crippen molar-refractivity contribution in [2.75, 3.05) is 5.32 Å². The summed E-state index contributed by atoms with van der Waals surface area (Å²) in [5, 5.41) is 5.77. The van der Waals surface area contributed by atoms with Gasteiger partial charge in [0.25, 0.3) is 5.91 Å². The Morgan fingerprint density at radius 3 is 2.37 bits per heavy atom. The first kappa shape index (κ1) is 21.6. The molecule has 1 aliphatic carbocycles. The molecular formula is C23H25ClN4O2. The van der Waals surface area contributed by atoms with E-state index in [0.717, 1.165) is 12.0 Å². The van der Waals surface area contributed by atoms with Gasteiger partial charge < -0.3 is 20.9 Å². The van der Waals surface area contributed by atoms with Crippen LogP contribution in [0.1, 0.15) is 34.0 Å². The van der Waals surface area contributed by atoms with Crippen LogP contribution in [0.5, 0.6) is 0 Å². The van der Waals surface area contributed by atoms with Crippen LogP contribution in [0, 0.1) is 0 Å². The molecule has 156 valence electrons. The quantitative estimate of drug-likeness (QED) is 0.543. The monoisotopic (exact) mass is 424 g/mol. The van der Waals surface area contributed by atoms with Crippen molar-refractivity contribution >= 4 is 29.9 Å². The third kappa shape index (κ3) is 5.28. The third-order valence-electron chi connectivity index (χ3n) is 5.15. The molecule has 2 amide bonds. The second-order valence-corrected chi connectivity index (χ2v) is 7.37. The number of amides is 2. The Hall–Kier alpha value is -3.09. The first-order valence-corrected chi connectivity index (χ1v) is 9.73. The highest BCUT2D eigenvalue weighted by molar-refractivity contribution is 6.03. The average molecular weight is 425 g/mol. The minimum atomic E-state index is -0.248. The molecule has 3 aromatic rings. The van der Waals surface area contributed by atoms with Crippen molar-refractivity contribution in [1.82, 2.24) is 9.88 Å². The molecule has 2 atom stereocenters. The molecule has 2 aromatic carbocycles. The molecule has 0 aliphatic heterocycles. The third-order valence-corrected chi connectivity index (χ3v) is 5.15. The molecule has 1 saturated carbocycles. The van der Waals surface area contributed by atoms with Crippen LogP contribution in [0.15, 0.2) is 72.9 Å². The molecule has 0 saturated heterocycles. The number of hydrogen-bond acceptors (Lipinski definition) is 3. The standard InChI is InChI=1S/C23H24N4O2.ClH/c24-20-13-19(20)17-8-10-18(11-9-17)26-23(29)21-7-4-12-27(21)15-22(28)25-14-16-5-2-1-3-6-16;/h1-12,19-20H,13-15,24H2,(H,25,28)(H,26,29);1H/t19-,20+;/m0./s1. The highest BCUT2D eigenvalue weighted by Gasteiger charge is 2.34. The van der Waals surface area contributed by atoms with Gasteiger partial charge in [-0.2, -0.15) is 0 Å². The van der Waals surface area contributed by atoms with Crippen molar-refractivity contribution < 1.29 is 9.59 Å². The number of rotatable bonds is 7. The molecule has 0 unspecified atom stereocenters. The SMILES string of the molecule is Cl.N[C@@H]1C[C@H]1c1ccc(NC(=O)c2cccn2CC(=O)NCc2ccccc2)cc1. The first-order chi connectivity index (χ1) is 14.1. The van der Waals surface area contributed by atoms with Gasteiger partial charge in [0.15, 0.2) is 0 Å². The topological polar surface area (TPSA) is 89.2 Å². The lowest BCUT2D eigenvalue weighted by Gasteiger charge is -2.11. The van der Waals surface area contributed by atoms with E-state index in [1.165, 1.54) is 5.56 Å². The zero-order valence-electron chi connectivity index (χ0n) is 16.5. The molecule has 0 spiro atoms. The second-order valence-electron chi connectivity index (χ2n) is 7.37. The van der Waals surface area contributed by atoms with Crippen LogP contribution in [0.4, 0.5) is 5.69 Å². The van der Waals surface area contributed by atoms with Crippen molar-refractivity contribution in [2.24, 2.45) is 5.73 Å². The largest absolute Gasteiger partial charge is 0.350 e. The number of aromatic nitrogens is 1. The van der Waals surface area contributed by atoms with E-state index in [1.54, 1.807) is 22.9 Å². The van der Waals surface area contributed by atoms with Gasteiger partial charge in [-0.15, -0.1) is 12.4 Å². The van der Waals surface area contributed by atoms with E-state index < -0.39 is 0 Å². The molecule has 7 heteroatoms. The minimum Gasteiger partial charge on any atom is -0.350 e. The Balaban J connectivity index is 0.00000256. The fourth-order valence-corrected chi connectivity index (χ4v) is 3.37. The van der Waals surface area contributed by atoms with Gasteiger partial charge in [-0.25, -0.2) is 0 Å². The second kappa shape index (κ2) is 9.61. The summed E-state index contributed by atoms with van der Waals surface area (Å²) in [6.45, 7) is 0.542. The zero-order valence-corrected chi connectivity index (χ0v) is 17.3. The van der Waals surface area contributed by atoms with Gasteiger partial charge in [0.1, 0.15) is 12.2 Å². The maximum absolute atomic E-state index is 12.7. The van der Waals surface area contributed by atoms with Crippen molar-refractivity contribution in [3.63, 3.8) is 0 Å². The van der Waals surface area contributed by atoms with Crippen LogP contribution >= 0.6 is 12.4 Å². The van der Waals surface area contributed by atoms with Crippen molar-refractivity contribution in [2.45, 2.75) is 31.5 Å². The van der Waals surface area contributed by atoms with E-state index in [4.69, 9.17) is 5.73 Å². The Bertz CT molecular complexity index is 1000. The molecule has 1 aromatic heterocycles. The lowest BCUT2D eigenvalue weighted by atomic mass is 10.1. The van der Waals surface area contributed by atoms with Gasteiger partial charge in [0.2, 0.25) is 5.91 Å². The predicted octanol–water partition coefficient (Wildman–Crippen LogP) is 3.29. The summed E-state index contributed by atoms with van der Waals surface area (Å²) in [5.74, 6) is 0.0392. The summed E-state index contributed by atoms with van der Waals surface area (Å²) in [6, 6.07) is 21.2.